The third kappa shape index (κ3) is 3.11. The fourth-order valence-corrected chi connectivity index (χ4v) is 2.81. The summed E-state index contributed by atoms with van der Waals surface area (Å²) in [6, 6.07) is 10.0. The maximum atomic E-state index is 10.2. The van der Waals surface area contributed by atoms with E-state index in [0.717, 1.165) is 35.2 Å². The van der Waals surface area contributed by atoms with Gasteiger partial charge < -0.3 is 14.9 Å². The summed E-state index contributed by atoms with van der Waals surface area (Å²) in [5.41, 5.74) is 1.78. The minimum absolute atomic E-state index is 0.0978. The lowest BCUT2D eigenvalue weighted by Gasteiger charge is -2.14. The standard InChI is InChI=1S/C15H17BrN2O2/c16-11-5-3-10(4-6-11)8-12-9-14(18-20-12)15(19)13-2-1-7-17-13/h3-6,9,13,15,17,19H,1-2,7-8H2/t13-,15-/m0/s1. The van der Waals surface area contributed by atoms with Crippen LogP contribution in [0.15, 0.2) is 39.3 Å². The van der Waals surface area contributed by atoms with Gasteiger partial charge in [0.25, 0.3) is 0 Å². The Balaban J connectivity index is 1.68. The molecule has 106 valence electrons. The number of aliphatic hydroxyl groups is 1. The number of halogens is 1. The molecule has 1 saturated heterocycles. The van der Waals surface area contributed by atoms with Crippen molar-refractivity contribution in [1.82, 2.24) is 10.5 Å². The van der Waals surface area contributed by atoms with E-state index in [1.54, 1.807) is 0 Å². The molecule has 1 aromatic heterocycles. The highest BCUT2D eigenvalue weighted by Gasteiger charge is 2.26. The number of hydrogen-bond acceptors (Lipinski definition) is 4. The molecule has 1 aliphatic heterocycles. The molecule has 0 aliphatic carbocycles. The molecule has 20 heavy (non-hydrogen) atoms. The van der Waals surface area contributed by atoms with E-state index in [9.17, 15) is 5.11 Å². The molecule has 5 heteroatoms. The van der Waals surface area contributed by atoms with Gasteiger partial charge in [0.1, 0.15) is 17.6 Å². The molecule has 0 radical (unpaired) electrons. The molecule has 2 atom stereocenters. The van der Waals surface area contributed by atoms with Crippen LogP contribution in [0.2, 0.25) is 0 Å². The molecule has 1 aliphatic rings. The fourth-order valence-electron chi connectivity index (χ4n) is 2.54. The van der Waals surface area contributed by atoms with Gasteiger partial charge in [-0.15, -0.1) is 0 Å². The van der Waals surface area contributed by atoms with Crippen LogP contribution in [0.25, 0.3) is 0 Å². The summed E-state index contributed by atoms with van der Waals surface area (Å²) in [6.07, 6.45) is 2.19. The van der Waals surface area contributed by atoms with Gasteiger partial charge in [0.05, 0.1) is 0 Å². The van der Waals surface area contributed by atoms with E-state index in [-0.39, 0.29) is 6.04 Å². The third-order valence-corrected chi connectivity index (χ3v) is 4.18. The molecular formula is C15H17BrN2O2. The Morgan fingerprint density at radius 2 is 2.20 bits per heavy atom. The van der Waals surface area contributed by atoms with Crippen molar-refractivity contribution in [2.24, 2.45) is 0 Å². The van der Waals surface area contributed by atoms with E-state index in [2.05, 4.69) is 26.4 Å². The Hall–Kier alpha value is -1.17. The van der Waals surface area contributed by atoms with Crippen LogP contribution in [0.5, 0.6) is 0 Å². The lowest BCUT2D eigenvalue weighted by atomic mass is 10.1. The average Bonchev–Trinajstić information content (AvgIpc) is 3.12. The van der Waals surface area contributed by atoms with E-state index < -0.39 is 6.10 Å². The van der Waals surface area contributed by atoms with Crippen LogP contribution in [0.1, 0.15) is 36.0 Å². The number of aromatic nitrogens is 1. The Labute approximate surface area is 126 Å². The molecular weight excluding hydrogens is 320 g/mol. The van der Waals surface area contributed by atoms with Gasteiger partial charge in [-0.25, -0.2) is 0 Å². The third-order valence-electron chi connectivity index (χ3n) is 3.65. The van der Waals surface area contributed by atoms with Crippen molar-refractivity contribution in [1.29, 1.82) is 0 Å². The van der Waals surface area contributed by atoms with Crippen LogP contribution in [0.3, 0.4) is 0 Å². The minimum Gasteiger partial charge on any atom is -0.385 e. The Morgan fingerprint density at radius 3 is 2.90 bits per heavy atom. The second-order valence-corrected chi connectivity index (χ2v) is 6.08. The van der Waals surface area contributed by atoms with Crippen molar-refractivity contribution in [3.63, 3.8) is 0 Å². The maximum absolute atomic E-state index is 10.2. The maximum Gasteiger partial charge on any atom is 0.141 e. The molecule has 0 spiro atoms. The number of benzene rings is 1. The zero-order chi connectivity index (χ0) is 13.9. The first kappa shape index (κ1) is 13.8. The largest absolute Gasteiger partial charge is 0.385 e. The number of rotatable bonds is 4. The molecule has 4 nitrogen and oxygen atoms in total. The molecule has 1 aromatic carbocycles. The summed E-state index contributed by atoms with van der Waals surface area (Å²) in [5.74, 6) is 0.777. The molecule has 0 amide bonds. The van der Waals surface area contributed by atoms with E-state index in [1.165, 1.54) is 0 Å². The molecule has 0 saturated carbocycles. The summed E-state index contributed by atoms with van der Waals surface area (Å²) in [4.78, 5) is 0. The highest BCUT2D eigenvalue weighted by atomic mass is 79.9. The number of aliphatic hydroxyl groups excluding tert-OH is 1. The summed E-state index contributed by atoms with van der Waals surface area (Å²) < 4.78 is 6.39. The summed E-state index contributed by atoms with van der Waals surface area (Å²) in [7, 11) is 0. The molecule has 0 unspecified atom stereocenters. The van der Waals surface area contributed by atoms with Gasteiger partial charge in [-0.05, 0) is 37.1 Å². The van der Waals surface area contributed by atoms with Gasteiger partial charge in [0.2, 0.25) is 0 Å². The van der Waals surface area contributed by atoms with E-state index in [1.807, 2.05) is 30.3 Å². The van der Waals surface area contributed by atoms with E-state index in [4.69, 9.17) is 4.52 Å². The van der Waals surface area contributed by atoms with Gasteiger partial charge in [-0.2, -0.15) is 0 Å². The lowest BCUT2D eigenvalue weighted by Crippen LogP contribution is -2.28. The zero-order valence-electron chi connectivity index (χ0n) is 11.1. The minimum atomic E-state index is -0.583. The molecule has 2 N–H and O–H groups in total. The number of nitrogens with one attached hydrogen (secondary N) is 1. The first-order chi connectivity index (χ1) is 9.72. The van der Waals surface area contributed by atoms with E-state index >= 15 is 0 Å². The summed E-state index contributed by atoms with van der Waals surface area (Å²) >= 11 is 3.42. The smallest absolute Gasteiger partial charge is 0.141 e. The normalized spacial score (nSPS) is 20.2. The van der Waals surface area contributed by atoms with Crippen molar-refractivity contribution < 1.29 is 9.63 Å². The topological polar surface area (TPSA) is 58.3 Å². The van der Waals surface area contributed by atoms with Gasteiger partial charge in [-0.1, -0.05) is 33.2 Å². The number of hydrogen-bond donors (Lipinski definition) is 2. The summed E-state index contributed by atoms with van der Waals surface area (Å²) in [5, 5.41) is 17.5. The molecule has 2 heterocycles. The van der Waals surface area contributed by atoms with Crippen molar-refractivity contribution in [3.05, 3.63) is 51.8 Å². The van der Waals surface area contributed by atoms with Crippen molar-refractivity contribution in [2.75, 3.05) is 6.54 Å². The van der Waals surface area contributed by atoms with Crippen LogP contribution in [0, 0.1) is 0 Å². The first-order valence-electron chi connectivity index (χ1n) is 6.84. The van der Waals surface area contributed by atoms with Gasteiger partial charge >= 0.3 is 0 Å². The van der Waals surface area contributed by atoms with Gasteiger partial charge in [0.15, 0.2) is 0 Å². The Kier molecular flexibility index (Phi) is 4.19. The quantitative estimate of drug-likeness (QED) is 0.901. The Bertz CT molecular complexity index is 562. The predicted molar refractivity (Wildman–Crippen MR) is 79.4 cm³/mol. The van der Waals surface area contributed by atoms with Crippen LogP contribution in [-0.4, -0.2) is 22.8 Å². The van der Waals surface area contributed by atoms with Gasteiger partial charge in [0, 0.05) is 23.0 Å². The van der Waals surface area contributed by atoms with Crippen molar-refractivity contribution >= 4 is 15.9 Å². The average molecular weight is 337 g/mol. The first-order valence-corrected chi connectivity index (χ1v) is 7.63. The fraction of sp³-hybridized carbons (Fsp3) is 0.400. The highest BCUT2D eigenvalue weighted by Crippen LogP contribution is 2.23. The molecule has 3 rings (SSSR count). The second-order valence-electron chi connectivity index (χ2n) is 5.17. The van der Waals surface area contributed by atoms with Crippen molar-refractivity contribution in [3.8, 4) is 0 Å². The van der Waals surface area contributed by atoms with Crippen LogP contribution >= 0.6 is 15.9 Å². The zero-order valence-corrected chi connectivity index (χ0v) is 12.6. The van der Waals surface area contributed by atoms with E-state index in [0.29, 0.717) is 12.1 Å². The second kappa shape index (κ2) is 6.08. The Morgan fingerprint density at radius 1 is 1.40 bits per heavy atom. The van der Waals surface area contributed by atoms with Crippen molar-refractivity contribution in [2.45, 2.75) is 31.4 Å². The molecule has 1 fully saturated rings. The van der Waals surface area contributed by atoms with Gasteiger partial charge in [-0.3, -0.25) is 0 Å². The molecule has 0 bridgehead atoms. The lowest BCUT2D eigenvalue weighted by molar-refractivity contribution is 0.128. The molecule has 2 aromatic rings. The van der Waals surface area contributed by atoms with Crippen LogP contribution < -0.4 is 5.32 Å². The SMILES string of the molecule is O[C@H](c1cc(Cc2ccc(Br)cc2)on1)[C@@H]1CCCN1. The monoisotopic (exact) mass is 336 g/mol. The predicted octanol–water partition coefficient (Wildman–Crippen LogP) is 2.81. The highest BCUT2D eigenvalue weighted by molar-refractivity contribution is 9.10. The van der Waals surface area contributed by atoms with Crippen LogP contribution in [-0.2, 0) is 6.42 Å². The van der Waals surface area contributed by atoms with Crippen LogP contribution in [0.4, 0.5) is 0 Å². The summed E-state index contributed by atoms with van der Waals surface area (Å²) in [6.45, 7) is 0.964. The number of nitrogens with zero attached hydrogens (tertiary/aromatic N) is 1.